The molecule has 0 aliphatic carbocycles. The molecule has 1 saturated heterocycles. The van der Waals surface area contributed by atoms with Gasteiger partial charge in [-0.1, -0.05) is 0 Å². The SMILES string of the molecule is ClCCSCC1CCCO1. The predicted molar refractivity (Wildman–Crippen MR) is 47.0 cm³/mol. The summed E-state index contributed by atoms with van der Waals surface area (Å²) in [5, 5.41) is 0. The minimum atomic E-state index is 0.521. The van der Waals surface area contributed by atoms with E-state index in [0.717, 1.165) is 24.0 Å². The third-order valence-electron chi connectivity index (χ3n) is 1.55. The second-order valence-electron chi connectivity index (χ2n) is 2.40. The molecule has 0 amide bonds. The first kappa shape index (κ1) is 8.69. The van der Waals surface area contributed by atoms with Gasteiger partial charge in [0.05, 0.1) is 6.10 Å². The topological polar surface area (TPSA) is 9.23 Å². The van der Waals surface area contributed by atoms with Gasteiger partial charge in [-0.05, 0) is 12.8 Å². The Morgan fingerprint density at radius 1 is 1.60 bits per heavy atom. The quantitative estimate of drug-likeness (QED) is 0.485. The van der Waals surface area contributed by atoms with Crippen LogP contribution in [-0.4, -0.2) is 30.1 Å². The molecule has 0 aromatic heterocycles. The van der Waals surface area contributed by atoms with Crippen molar-refractivity contribution in [3.05, 3.63) is 0 Å². The van der Waals surface area contributed by atoms with Gasteiger partial charge in [-0.2, -0.15) is 11.8 Å². The van der Waals surface area contributed by atoms with Gasteiger partial charge in [0.2, 0.25) is 0 Å². The van der Waals surface area contributed by atoms with Crippen LogP contribution in [0.4, 0.5) is 0 Å². The van der Waals surface area contributed by atoms with E-state index in [1.807, 2.05) is 11.8 Å². The third-order valence-corrected chi connectivity index (χ3v) is 3.06. The molecular weight excluding hydrogens is 168 g/mol. The fraction of sp³-hybridized carbons (Fsp3) is 1.00. The van der Waals surface area contributed by atoms with Crippen LogP contribution in [0.25, 0.3) is 0 Å². The maximum absolute atomic E-state index is 5.53. The summed E-state index contributed by atoms with van der Waals surface area (Å²) in [6.07, 6.45) is 3.01. The van der Waals surface area contributed by atoms with Crippen molar-refractivity contribution in [2.24, 2.45) is 0 Å². The van der Waals surface area contributed by atoms with Gasteiger partial charge in [0.15, 0.2) is 0 Å². The lowest BCUT2D eigenvalue weighted by Gasteiger charge is -2.06. The minimum absolute atomic E-state index is 0.521. The number of ether oxygens (including phenoxy) is 1. The van der Waals surface area contributed by atoms with Gasteiger partial charge in [0.1, 0.15) is 0 Å². The highest BCUT2D eigenvalue weighted by molar-refractivity contribution is 7.99. The first-order valence-corrected chi connectivity index (χ1v) is 5.37. The molecule has 1 fully saturated rings. The Balaban J connectivity index is 1.91. The second-order valence-corrected chi connectivity index (χ2v) is 3.93. The molecule has 1 rings (SSSR count). The Kier molecular flexibility index (Phi) is 4.59. The van der Waals surface area contributed by atoms with Crippen molar-refractivity contribution in [3.8, 4) is 0 Å². The fourth-order valence-corrected chi connectivity index (χ4v) is 2.17. The average molecular weight is 181 g/mol. The molecule has 0 spiro atoms. The molecule has 0 aromatic carbocycles. The van der Waals surface area contributed by atoms with Gasteiger partial charge < -0.3 is 4.74 Å². The van der Waals surface area contributed by atoms with Crippen molar-refractivity contribution in [2.75, 3.05) is 24.0 Å². The van der Waals surface area contributed by atoms with Crippen LogP contribution in [0, 0.1) is 0 Å². The van der Waals surface area contributed by atoms with Gasteiger partial charge in [-0.3, -0.25) is 0 Å². The Bertz CT molecular complexity index is 83.7. The Morgan fingerprint density at radius 2 is 2.50 bits per heavy atom. The van der Waals surface area contributed by atoms with E-state index in [9.17, 15) is 0 Å². The van der Waals surface area contributed by atoms with Crippen molar-refractivity contribution in [1.82, 2.24) is 0 Å². The Labute approximate surface area is 71.5 Å². The van der Waals surface area contributed by atoms with Crippen LogP contribution in [-0.2, 0) is 4.74 Å². The molecule has 0 N–H and O–H groups in total. The predicted octanol–water partition coefficient (Wildman–Crippen LogP) is 2.14. The number of hydrogen-bond donors (Lipinski definition) is 0. The first-order valence-electron chi connectivity index (χ1n) is 3.69. The number of hydrogen-bond acceptors (Lipinski definition) is 2. The maximum Gasteiger partial charge on any atom is 0.0666 e. The molecule has 1 nitrogen and oxygen atoms in total. The van der Waals surface area contributed by atoms with Crippen LogP contribution in [0.3, 0.4) is 0 Å². The maximum atomic E-state index is 5.53. The van der Waals surface area contributed by atoms with E-state index in [0.29, 0.717) is 6.10 Å². The summed E-state index contributed by atoms with van der Waals surface area (Å²) in [5.41, 5.74) is 0. The summed E-state index contributed by atoms with van der Waals surface area (Å²) in [6, 6.07) is 0. The lowest BCUT2D eigenvalue weighted by molar-refractivity contribution is 0.129. The Hall–Kier alpha value is 0.600. The molecule has 0 bridgehead atoms. The van der Waals surface area contributed by atoms with E-state index in [-0.39, 0.29) is 0 Å². The summed E-state index contributed by atoms with van der Waals surface area (Å²) in [6.45, 7) is 0.964. The molecule has 1 aliphatic heterocycles. The monoisotopic (exact) mass is 180 g/mol. The number of halogens is 1. The number of thioether (sulfide) groups is 1. The summed E-state index contributed by atoms with van der Waals surface area (Å²) >= 11 is 7.42. The number of alkyl halides is 1. The molecule has 1 atom stereocenters. The molecule has 0 saturated carbocycles. The molecule has 1 aliphatic rings. The normalized spacial score (nSPS) is 25.5. The van der Waals surface area contributed by atoms with Crippen LogP contribution < -0.4 is 0 Å². The zero-order chi connectivity index (χ0) is 7.23. The standard InChI is InChI=1S/C7H13ClOS/c8-3-5-10-6-7-2-1-4-9-7/h7H,1-6H2. The minimum Gasteiger partial charge on any atom is -0.377 e. The Morgan fingerprint density at radius 3 is 3.10 bits per heavy atom. The molecule has 10 heavy (non-hydrogen) atoms. The zero-order valence-electron chi connectivity index (χ0n) is 6.01. The van der Waals surface area contributed by atoms with Gasteiger partial charge in [0.25, 0.3) is 0 Å². The largest absolute Gasteiger partial charge is 0.377 e. The van der Waals surface area contributed by atoms with Crippen LogP contribution in [0.15, 0.2) is 0 Å². The summed E-state index contributed by atoms with van der Waals surface area (Å²) in [7, 11) is 0. The van der Waals surface area contributed by atoms with Crippen LogP contribution in [0.5, 0.6) is 0 Å². The molecule has 0 radical (unpaired) electrons. The van der Waals surface area contributed by atoms with E-state index in [2.05, 4.69) is 0 Å². The highest BCUT2D eigenvalue weighted by Crippen LogP contribution is 2.16. The highest BCUT2D eigenvalue weighted by atomic mass is 35.5. The van der Waals surface area contributed by atoms with E-state index < -0.39 is 0 Å². The molecule has 1 unspecified atom stereocenters. The van der Waals surface area contributed by atoms with Crippen molar-refractivity contribution >= 4 is 23.4 Å². The molecule has 60 valence electrons. The zero-order valence-corrected chi connectivity index (χ0v) is 7.59. The van der Waals surface area contributed by atoms with Crippen molar-refractivity contribution in [2.45, 2.75) is 18.9 Å². The van der Waals surface area contributed by atoms with Crippen LogP contribution >= 0.6 is 23.4 Å². The third kappa shape index (κ3) is 3.13. The summed E-state index contributed by atoms with van der Waals surface area (Å²) in [5.74, 6) is 2.95. The van der Waals surface area contributed by atoms with Crippen molar-refractivity contribution in [1.29, 1.82) is 0 Å². The molecule has 3 heteroatoms. The lowest BCUT2D eigenvalue weighted by Crippen LogP contribution is -2.08. The lowest BCUT2D eigenvalue weighted by atomic mass is 10.3. The summed E-state index contributed by atoms with van der Waals surface area (Å²) < 4.78 is 5.44. The van der Waals surface area contributed by atoms with Crippen molar-refractivity contribution in [3.63, 3.8) is 0 Å². The second kappa shape index (κ2) is 5.28. The molecule has 1 heterocycles. The van der Waals surface area contributed by atoms with Gasteiger partial charge in [0, 0.05) is 24.0 Å². The first-order chi connectivity index (χ1) is 4.93. The smallest absolute Gasteiger partial charge is 0.0666 e. The van der Waals surface area contributed by atoms with Crippen molar-refractivity contribution < 1.29 is 4.74 Å². The van der Waals surface area contributed by atoms with Crippen LogP contribution in [0.1, 0.15) is 12.8 Å². The average Bonchev–Trinajstić information content (AvgIpc) is 2.41. The highest BCUT2D eigenvalue weighted by Gasteiger charge is 2.14. The van der Waals surface area contributed by atoms with E-state index in [4.69, 9.17) is 16.3 Å². The number of rotatable bonds is 4. The van der Waals surface area contributed by atoms with Gasteiger partial charge >= 0.3 is 0 Å². The van der Waals surface area contributed by atoms with E-state index in [1.54, 1.807) is 0 Å². The van der Waals surface area contributed by atoms with Crippen LogP contribution in [0.2, 0.25) is 0 Å². The van der Waals surface area contributed by atoms with Gasteiger partial charge in [-0.25, -0.2) is 0 Å². The molecule has 0 aromatic rings. The fourth-order valence-electron chi connectivity index (χ4n) is 1.05. The van der Waals surface area contributed by atoms with E-state index in [1.165, 1.54) is 12.8 Å². The van der Waals surface area contributed by atoms with Gasteiger partial charge in [-0.15, -0.1) is 11.6 Å². The molecular formula is C7H13ClOS. The summed E-state index contributed by atoms with van der Waals surface area (Å²) in [4.78, 5) is 0. The van der Waals surface area contributed by atoms with E-state index >= 15 is 0 Å².